The number of aliphatic hydroxyl groups excluding tert-OH is 1. The Morgan fingerprint density at radius 3 is 2.62 bits per heavy atom. The van der Waals surface area contributed by atoms with E-state index < -0.39 is 12.0 Å². The van der Waals surface area contributed by atoms with Crippen molar-refractivity contribution in [2.75, 3.05) is 6.54 Å². The van der Waals surface area contributed by atoms with E-state index in [9.17, 15) is 13.9 Å². The van der Waals surface area contributed by atoms with Gasteiger partial charge in [0.25, 0.3) is 0 Å². The number of hydrogen-bond acceptors (Lipinski definition) is 2. The van der Waals surface area contributed by atoms with Crippen molar-refractivity contribution in [3.8, 4) is 0 Å². The maximum absolute atomic E-state index is 12.8. The van der Waals surface area contributed by atoms with Crippen LogP contribution >= 0.6 is 0 Å². The van der Waals surface area contributed by atoms with E-state index in [2.05, 4.69) is 0 Å². The highest BCUT2D eigenvalue weighted by atomic mass is 19.3. The van der Waals surface area contributed by atoms with Gasteiger partial charge in [-0.15, -0.1) is 0 Å². The topological polar surface area (TPSA) is 46.2 Å². The molecule has 0 aromatic carbocycles. The number of alkyl halides is 2. The Hall–Kier alpha value is -0.220. The summed E-state index contributed by atoms with van der Waals surface area (Å²) in [5.41, 5.74) is 5.36. The van der Waals surface area contributed by atoms with Gasteiger partial charge in [-0.25, -0.2) is 8.78 Å². The molecule has 3 N–H and O–H groups in total. The van der Waals surface area contributed by atoms with Crippen LogP contribution in [0.1, 0.15) is 26.2 Å². The summed E-state index contributed by atoms with van der Waals surface area (Å²) in [6, 6.07) is 0. The molecule has 0 saturated heterocycles. The minimum Gasteiger partial charge on any atom is -0.393 e. The van der Waals surface area contributed by atoms with Crippen molar-refractivity contribution in [1.29, 1.82) is 0 Å². The summed E-state index contributed by atoms with van der Waals surface area (Å²) in [5, 5.41) is 9.64. The van der Waals surface area contributed by atoms with Crippen molar-refractivity contribution < 1.29 is 13.9 Å². The van der Waals surface area contributed by atoms with Crippen LogP contribution in [0.4, 0.5) is 8.78 Å². The summed E-state index contributed by atoms with van der Waals surface area (Å²) in [5.74, 6) is -2.92. The third-order valence-corrected chi connectivity index (χ3v) is 2.88. The second kappa shape index (κ2) is 3.88. The van der Waals surface area contributed by atoms with Crippen LogP contribution < -0.4 is 5.73 Å². The van der Waals surface area contributed by atoms with Gasteiger partial charge in [0.2, 0.25) is 5.92 Å². The summed E-state index contributed by atoms with van der Waals surface area (Å²) >= 11 is 0. The number of aliphatic hydroxyl groups is 1. The third kappa shape index (κ3) is 2.61. The fraction of sp³-hybridized carbons (Fsp3) is 1.00. The molecule has 13 heavy (non-hydrogen) atoms. The average molecular weight is 193 g/mol. The molecule has 0 heterocycles. The van der Waals surface area contributed by atoms with Gasteiger partial charge in [0.15, 0.2) is 0 Å². The molecule has 4 heteroatoms. The van der Waals surface area contributed by atoms with E-state index >= 15 is 0 Å². The van der Waals surface area contributed by atoms with Crippen LogP contribution in [0.3, 0.4) is 0 Å². The lowest BCUT2D eigenvalue weighted by atomic mass is 9.91. The lowest BCUT2D eigenvalue weighted by molar-refractivity contribution is -0.0111. The minimum atomic E-state index is -2.57. The Labute approximate surface area is 77.1 Å². The zero-order valence-corrected chi connectivity index (χ0v) is 7.84. The third-order valence-electron chi connectivity index (χ3n) is 2.88. The van der Waals surface area contributed by atoms with E-state index in [1.807, 2.05) is 0 Å². The van der Waals surface area contributed by atoms with Crippen LogP contribution in [0.15, 0.2) is 0 Å². The van der Waals surface area contributed by atoms with Gasteiger partial charge in [-0.2, -0.15) is 0 Å². The number of rotatable bonds is 3. The maximum atomic E-state index is 12.8. The Morgan fingerprint density at radius 1 is 1.62 bits per heavy atom. The Bertz CT molecular complexity index is 175. The van der Waals surface area contributed by atoms with Gasteiger partial charge in [0, 0.05) is 12.8 Å². The molecule has 0 bridgehead atoms. The molecule has 0 radical (unpaired) electrons. The van der Waals surface area contributed by atoms with E-state index in [0.29, 0.717) is 13.0 Å². The summed E-state index contributed by atoms with van der Waals surface area (Å²) in [4.78, 5) is 0. The average Bonchev–Trinajstić information content (AvgIpc) is 2.43. The molecule has 0 spiro atoms. The van der Waals surface area contributed by atoms with E-state index in [-0.39, 0.29) is 24.7 Å². The number of hydrogen-bond donors (Lipinski definition) is 2. The molecule has 1 aliphatic rings. The van der Waals surface area contributed by atoms with Gasteiger partial charge < -0.3 is 10.8 Å². The van der Waals surface area contributed by atoms with E-state index in [1.165, 1.54) is 0 Å². The molecule has 0 amide bonds. The second-order valence-electron chi connectivity index (χ2n) is 4.06. The van der Waals surface area contributed by atoms with Crippen LogP contribution in [0.25, 0.3) is 0 Å². The van der Waals surface area contributed by atoms with E-state index in [0.717, 1.165) is 0 Å². The Balaban J connectivity index is 2.46. The van der Waals surface area contributed by atoms with E-state index in [4.69, 9.17) is 5.73 Å². The SMILES string of the molecule is CC(CN)C(O)C1CCC(F)(F)C1. The molecular formula is C9H17F2NO. The molecule has 1 saturated carbocycles. The van der Waals surface area contributed by atoms with Crippen molar-refractivity contribution in [2.24, 2.45) is 17.6 Å². The first-order valence-corrected chi connectivity index (χ1v) is 4.72. The van der Waals surface area contributed by atoms with Crippen LogP contribution in [-0.4, -0.2) is 23.7 Å². The van der Waals surface area contributed by atoms with Crippen LogP contribution in [-0.2, 0) is 0 Å². The minimum absolute atomic E-state index is 0.0844. The summed E-state index contributed by atoms with van der Waals surface area (Å²) < 4.78 is 25.6. The molecule has 1 fully saturated rings. The predicted octanol–water partition coefficient (Wildman–Crippen LogP) is 1.38. The lowest BCUT2D eigenvalue weighted by Crippen LogP contribution is -2.31. The Kier molecular flexibility index (Phi) is 3.24. The van der Waals surface area contributed by atoms with Gasteiger partial charge in [-0.05, 0) is 24.8 Å². The molecule has 0 aliphatic heterocycles. The predicted molar refractivity (Wildman–Crippen MR) is 46.5 cm³/mol. The Morgan fingerprint density at radius 2 is 2.23 bits per heavy atom. The van der Waals surface area contributed by atoms with Crippen molar-refractivity contribution >= 4 is 0 Å². The van der Waals surface area contributed by atoms with Crippen LogP contribution in [0, 0.1) is 11.8 Å². The zero-order chi connectivity index (χ0) is 10.1. The number of halogens is 2. The molecule has 3 atom stereocenters. The van der Waals surface area contributed by atoms with Crippen LogP contribution in [0.2, 0.25) is 0 Å². The van der Waals surface area contributed by atoms with Crippen molar-refractivity contribution in [3.05, 3.63) is 0 Å². The second-order valence-corrected chi connectivity index (χ2v) is 4.06. The van der Waals surface area contributed by atoms with Gasteiger partial charge in [-0.3, -0.25) is 0 Å². The van der Waals surface area contributed by atoms with Crippen molar-refractivity contribution in [2.45, 2.75) is 38.2 Å². The molecule has 78 valence electrons. The van der Waals surface area contributed by atoms with Gasteiger partial charge in [-0.1, -0.05) is 6.92 Å². The maximum Gasteiger partial charge on any atom is 0.248 e. The summed E-state index contributed by atoms with van der Waals surface area (Å²) in [6.45, 7) is 2.14. The smallest absolute Gasteiger partial charge is 0.248 e. The fourth-order valence-corrected chi connectivity index (χ4v) is 1.88. The highest BCUT2D eigenvalue weighted by Gasteiger charge is 2.42. The summed E-state index contributed by atoms with van der Waals surface area (Å²) in [7, 11) is 0. The fourth-order valence-electron chi connectivity index (χ4n) is 1.88. The molecule has 1 rings (SSSR count). The molecule has 2 nitrogen and oxygen atoms in total. The van der Waals surface area contributed by atoms with Crippen LogP contribution in [0.5, 0.6) is 0 Å². The quantitative estimate of drug-likeness (QED) is 0.711. The van der Waals surface area contributed by atoms with Crippen molar-refractivity contribution in [3.63, 3.8) is 0 Å². The highest BCUT2D eigenvalue weighted by molar-refractivity contribution is 4.87. The van der Waals surface area contributed by atoms with Crippen molar-refractivity contribution in [1.82, 2.24) is 0 Å². The molecular weight excluding hydrogens is 176 g/mol. The molecule has 0 aromatic rings. The van der Waals surface area contributed by atoms with Gasteiger partial charge in [0.1, 0.15) is 0 Å². The van der Waals surface area contributed by atoms with Gasteiger partial charge in [0.05, 0.1) is 6.10 Å². The first kappa shape index (κ1) is 10.9. The van der Waals surface area contributed by atoms with E-state index in [1.54, 1.807) is 6.92 Å². The normalized spacial score (nSPS) is 31.6. The molecule has 1 aliphatic carbocycles. The number of nitrogens with two attached hydrogens (primary N) is 1. The summed E-state index contributed by atoms with van der Waals surface area (Å²) in [6.07, 6.45) is -0.526. The highest BCUT2D eigenvalue weighted by Crippen LogP contribution is 2.41. The zero-order valence-electron chi connectivity index (χ0n) is 7.84. The standard InChI is InChI=1S/C9H17F2NO/c1-6(5-12)8(13)7-2-3-9(10,11)4-7/h6-8,13H,2-5,12H2,1H3. The first-order valence-electron chi connectivity index (χ1n) is 4.72. The monoisotopic (exact) mass is 193 g/mol. The lowest BCUT2D eigenvalue weighted by Gasteiger charge is -2.23. The molecule has 0 aromatic heterocycles. The first-order chi connectivity index (χ1) is 5.96. The van der Waals surface area contributed by atoms with Gasteiger partial charge >= 0.3 is 0 Å². The molecule has 3 unspecified atom stereocenters. The largest absolute Gasteiger partial charge is 0.393 e.